The number of ether oxygens (including phenoxy) is 2. The Labute approximate surface area is 153 Å². The van der Waals surface area contributed by atoms with Crippen molar-refractivity contribution in [3.8, 4) is 5.75 Å². The summed E-state index contributed by atoms with van der Waals surface area (Å²) >= 11 is 3.13. The quantitative estimate of drug-likeness (QED) is 0.713. The molecular weight excluding hydrogens is 393 g/mol. The maximum Gasteiger partial charge on any atom is 0.344 e. The molecule has 2 aromatic rings. The summed E-state index contributed by atoms with van der Waals surface area (Å²) in [5, 5.41) is 2.68. The first-order chi connectivity index (χ1) is 12.0. The second-order valence-corrected chi connectivity index (χ2v) is 6.08. The van der Waals surface area contributed by atoms with Crippen LogP contribution < -0.4 is 10.1 Å². The Hall–Kier alpha value is -2.41. The van der Waals surface area contributed by atoms with E-state index in [1.165, 1.54) is 18.2 Å². The fourth-order valence-corrected chi connectivity index (χ4v) is 2.44. The van der Waals surface area contributed by atoms with Crippen LogP contribution in [0.15, 0.2) is 46.9 Å². The highest BCUT2D eigenvalue weighted by molar-refractivity contribution is 9.10. The van der Waals surface area contributed by atoms with E-state index in [9.17, 15) is 14.0 Å². The third kappa shape index (κ3) is 6.19. The molecule has 132 valence electrons. The van der Waals surface area contributed by atoms with Crippen LogP contribution in [0.3, 0.4) is 0 Å². The highest BCUT2D eigenvalue weighted by Crippen LogP contribution is 2.25. The Kier molecular flexibility index (Phi) is 6.94. The summed E-state index contributed by atoms with van der Waals surface area (Å²) in [5.74, 6) is -1.21. The van der Waals surface area contributed by atoms with E-state index in [0.29, 0.717) is 16.8 Å². The van der Waals surface area contributed by atoms with Crippen molar-refractivity contribution in [3.63, 3.8) is 0 Å². The summed E-state index contributed by atoms with van der Waals surface area (Å²) in [6.07, 6.45) is 0. The van der Waals surface area contributed by atoms with E-state index < -0.39 is 24.3 Å². The first-order valence-corrected chi connectivity index (χ1v) is 8.29. The van der Waals surface area contributed by atoms with E-state index in [2.05, 4.69) is 21.2 Å². The standard InChI is InChI=1S/C18H17BrFNO4/c1-12-4-2-3-5-13(12)9-21-17(22)10-25-18(23)11-24-16-7-6-14(20)8-15(16)19/h2-8H,9-11H2,1H3,(H,21,22). The molecule has 0 atom stereocenters. The highest BCUT2D eigenvalue weighted by atomic mass is 79.9. The smallest absolute Gasteiger partial charge is 0.344 e. The van der Waals surface area contributed by atoms with Gasteiger partial charge >= 0.3 is 5.97 Å². The minimum Gasteiger partial charge on any atom is -0.481 e. The molecule has 0 saturated carbocycles. The molecule has 7 heteroatoms. The molecule has 0 aromatic heterocycles. The van der Waals surface area contributed by atoms with Crippen molar-refractivity contribution in [2.75, 3.05) is 13.2 Å². The summed E-state index contributed by atoms with van der Waals surface area (Å²) in [6.45, 7) is 1.54. The van der Waals surface area contributed by atoms with Crippen LogP contribution in [0.5, 0.6) is 5.75 Å². The summed E-state index contributed by atoms with van der Waals surface area (Å²) in [7, 11) is 0. The molecule has 0 fully saturated rings. The highest BCUT2D eigenvalue weighted by Gasteiger charge is 2.10. The first kappa shape index (κ1) is 18.9. The Morgan fingerprint density at radius 1 is 1.16 bits per heavy atom. The van der Waals surface area contributed by atoms with E-state index in [-0.39, 0.29) is 6.61 Å². The Balaban J connectivity index is 1.70. The second-order valence-electron chi connectivity index (χ2n) is 5.23. The number of halogens is 2. The first-order valence-electron chi connectivity index (χ1n) is 7.50. The molecule has 0 radical (unpaired) electrons. The zero-order chi connectivity index (χ0) is 18.2. The van der Waals surface area contributed by atoms with Gasteiger partial charge in [0, 0.05) is 6.54 Å². The summed E-state index contributed by atoms with van der Waals surface area (Å²) in [6, 6.07) is 11.5. The second kappa shape index (κ2) is 9.17. The summed E-state index contributed by atoms with van der Waals surface area (Å²) < 4.78 is 23.4. The van der Waals surface area contributed by atoms with Crippen LogP contribution >= 0.6 is 15.9 Å². The molecule has 1 amide bonds. The van der Waals surface area contributed by atoms with E-state index >= 15 is 0 Å². The Morgan fingerprint density at radius 2 is 1.92 bits per heavy atom. The monoisotopic (exact) mass is 409 g/mol. The third-order valence-corrected chi connectivity index (χ3v) is 3.96. The molecule has 0 aliphatic heterocycles. The van der Waals surface area contributed by atoms with Gasteiger partial charge in [-0.3, -0.25) is 4.79 Å². The number of carbonyl (C=O) groups is 2. The van der Waals surface area contributed by atoms with Crippen LogP contribution in [-0.4, -0.2) is 25.1 Å². The van der Waals surface area contributed by atoms with Crippen molar-refractivity contribution in [1.82, 2.24) is 5.32 Å². The van der Waals surface area contributed by atoms with Crippen LogP contribution in [0.2, 0.25) is 0 Å². The van der Waals surface area contributed by atoms with Gasteiger partial charge in [-0.2, -0.15) is 0 Å². The molecule has 0 heterocycles. The van der Waals surface area contributed by atoms with Gasteiger partial charge in [-0.15, -0.1) is 0 Å². The lowest BCUT2D eigenvalue weighted by atomic mass is 10.1. The van der Waals surface area contributed by atoms with E-state index in [1.54, 1.807) is 0 Å². The molecule has 0 aliphatic rings. The van der Waals surface area contributed by atoms with Gasteiger partial charge in [-0.1, -0.05) is 24.3 Å². The van der Waals surface area contributed by atoms with Gasteiger partial charge in [0.1, 0.15) is 11.6 Å². The Bertz CT molecular complexity index is 766. The number of hydrogen-bond donors (Lipinski definition) is 1. The van der Waals surface area contributed by atoms with Crippen molar-refractivity contribution in [1.29, 1.82) is 0 Å². The minimum atomic E-state index is -0.692. The number of aryl methyl sites for hydroxylation is 1. The number of nitrogens with one attached hydrogen (secondary N) is 1. The summed E-state index contributed by atoms with van der Waals surface area (Å²) in [4.78, 5) is 23.3. The average Bonchev–Trinajstić information content (AvgIpc) is 2.58. The molecule has 0 unspecified atom stereocenters. The van der Waals surface area contributed by atoms with Crippen molar-refractivity contribution in [2.45, 2.75) is 13.5 Å². The number of rotatable bonds is 7. The molecule has 0 saturated heterocycles. The van der Waals surface area contributed by atoms with Crippen LogP contribution in [0.4, 0.5) is 4.39 Å². The normalized spacial score (nSPS) is 10.2. The third-order valence-electron chi connectivity index (χ3n) is 3.34. The van der Waals surface area contributed by atoms with Gasteiger partial charge in [-0.25, -0.2) is 9.18 Å². The topological polar surface area (TPSA) is 64.6 Å². The number of hydrogen-bond acceptors (Lipinski definition) is 4. The molecule has 0 aliphatic carbocycles. The predicted molar refractivity (Wildman–Crippen MR) is 93.6 cm³/mol. The van der Waals surface area contributed by atoms with Crippen LogP contribution in [-0.2, 0) is 20.9 Å². The zero-order valence-corrected chi connectivity index (χ0v) is 15.1. The largest absolute Gasteiger partial charge is 0.481 e. The molecule has 5 nitrogen and oxygen atoms in total. The van der Waals surface area contributed by atoms with E-state index in [1.807, 2.05) is 31.2 Å². The maximum atomic E-state index is 13.0. The van der Waals surface area contributed by atoms with Crippen molar-refractivity contribution < 1.29 is 23.5 Å². The predicted octanol–water partition coefficient (Wildman–Crippen LogP) is 3.14. The summed E-state index contributed by atoms with van der Waals surface area (Å²) in [5.41, 5.74) is 2.06. The van der Waals surface area contributed by atoms with Crippen molar-refractivity contribution >= 4 is 27.8 Å². The van der Waals surface area contributed by atoms with Gasteiger partial charge in [0.05, 0.1) is 4.47 Å². The SMILES string of the molecule is Cc1ccccc1CNC(=O)COC(=O)COc1ccc(F)cc1Br. The Morgan fingerprint density at radius 3 is 2.64 bits per heavy atom. The zero-order valence-electron chi connectivity index (χ0n) is 13.6. The molecular formula is C18H17BrFNO4. The molecule has 1 N–H and O–H groups in total. The minimum absolute atomic E-state index is 0.308. The average molecular weight is 410 g/mol. The number of esters is 1. The number of amides is 1. The van der Waals surface area contributed by atoms with Crippen LogP contribution in [0.25, 0.3) is 0 Å². The fraction of sp³-hybridized carbons (Fsp3) is 0.222. The lowest BCUT2D eigenvalue weighted by molar-refractivity contribution is -0.150. The van der Waals surface area contributed by atoms with Crippen molar-refractivity contribution in [3.05, 3.63) is 63.9 Å². The van der Waals surface area contributed by atoms with Crippen LogP contribution in [0.1, 0.15) is 11.1 Å². The van der Waals surface area contributed by atoms with Crippen molar-refractivity contribution in [2.24, 2.45) is 0 Å². The van der Waals surface area contributed by atoms with Gasteiger partial charge in [-0.05, 0) is 52.2 Å². The van der Waals surface area contributed by atoms with E-state index in [4.69, 9.17) is 9.47 Å². The van der Waals surface area contributed by atoms with E-state index in [0.717, 1.165) is 11.1 Å². The van der Waals surface area contributed by atoms with Gasteiger partial charge in [0.2, 0.25) is 0 Å². The molecule has 0 spiro atoms. The lowest BCUT2D eigenvalue weighted by Gasteiger charge is -2.10. The fourth-order valence-electron chi connectivity index (χ4n) is 1.97. The van der Waals surface area contributed by atoms with Crippen LogP contribution in [0, 0.1) is 12.7 Å². The molecule has 2 aromatic carbocycles. The number of carbonyl (C=O) groups excluding carboxylic acids is 2. The van der Waals surface area contributed by atoms with Gasteiger partial charge in [0.25, 0.3) is 5.91 Å². The molecule has 2 rings (SSSR count). The van der Waals surface area contributed by atoms with Gasteiger partial charge in [0.15, 0.2) is 13.2 Å². The molecule has 25 heavy (non-hydrogen) atoms. The number of benzene rings is 2. The molecule has 0 bridgehead atoms. The maximum absolute atomic E-state index is 13.0. The lowest BCUT2D eigenvalue weighted by Crippen LogP contribution is -2.29. The van der Waals surface area contributed by atoms with Gasteiger partial charge < -0.3 is 14.8 Å².